The van der Waals surface area contributed by atoms with E-state index in [-0.39, 0.29) is 17.6 Å². The fourth-order valence-corrected chi connectivity index (χ4v) is 4.55. The van der Waals surface area contributed by atoms with E-state index in [1.807, 2.05) is 18.2 Å². The number of ether oxygens (including phenoxy) is 1. The molecule has 8 heteroatoms. The third-order valence-corrected chi connectivity index (χ3v) is 6.52. The Balaban J connectivity index is 1.30. The number of hydrogen-bond donors (Lipinski definition) is 1. The van der Waals surface area contributed by atoms with Gasteiger partial charge in [0.25, 0.3) is 0 Å². The molecule has 1 N–H and O–H groups in total. The molecule has 1 atom stereocenters. The zero-order chi connectivity index (χ0) is 23.9. The average Bonchev–Trinajstić information content (AvgIpc) is 2.85. The quantitative estimate of drug-likeness (QED) is 0.441. The number of aromatic nitrogens is 1. The Bertz CT molecular complexity index is 1090. The molecule has 178 valence electrons. The largest absolute Gasteiger partial charge is 0.491 e. The van der Waals surface area contributed by atoms with Crippen LogP contribution in [0, 0.1) is 11.7 Å². The first-order valence-electron chi connectivity index (χ1n) is 11.3. The number of likely N-dealkylation sites (tertiary alicyclic amines) is 1. The summed E-state index contributed by atoms with van der Waals surface area (Å²) >= 11 is 12.1. The SMILES string of the molecule is O=C(NC(c1ccc(F)cc1)c1ccccn1)C1CCN(CCOc2ccc(Cl)cc2Cl)CC1. The molecule has 0 spiro atoms. The molecular weight excluding hydrogens is 476 g/mol. The minimum atomic E-state index is -0.426. The maximum absolute atomic E-state index is 13.4. The second-order valence-electron chi connectivity index (χ2n) is 8.29. The highest BCUT2D eigenvalue weighted by Crippen LogP contribution is 2.28. The second-order valence-corrected chi connectivity index (χ2v) is 9.13. The molecule has 0 bridgehead atoms. The molecule has 1 saturated heterocycles. The molecule has 0 aliphatic carbocycles. The van der Waals surface area contributed by atoms with Crippen LogP contribution >= 0.6 is 23.2 Å². The van der Waals surface area contributed by atoms with Gasteiger partial charge < -0.3 is 10.1 Å². The minimum absolute atomic E-state index is 0.0103. The Kier molecular flexibility index (Phi) is 8.38. The topological polar surface area (TPSA) is 54.5 Å². The van der Waals surface area contributed by atoms with Gasteiger partial charge in [-0.05, 0) is 74.0 Å². The van der Waals surface area contributed by atoms with Crippen LogP contribution < -0.4 is 10.1 Å². The van der Waals surface area contributed by atoms with Gasteiger partial charge in [-0.2, -0.15) is 0 Å². The molecule has 1 aliphatic heterocycles. The number of piperidine rings is 1. The lowest BCUT2D eigenvalue weighted by Crippen LogP contribution is -2.43. The van der Waals surface area contributed by atoms with E-state index in [0.29, 0.717) is 22.4 Å². The molecule has 3 aromatic rings. The Hall–Kier alpha value is -2.67. The van der Waals surface area contributed by atoms with Gasteiger partial charge >= 0.3 is 0 Å². The number of carbonyl (C=O) groups excluding carboxylic acids is 1. The van der Waals surface area contributed by atoms with E-state index in [0.717, 1.165) is 43.7 Å². The second kappa shape index (κ2) is 11.6. The highest BCUT2D eigenvalue weighted by atomic mass is 35.5. The minimum Gasteiger partial charge on any atom is -0.491 e. The monoisotopic (exact) mass is 501 g/mol. The van der Waals surface area contributed by atoms with Crippen molar-refractivity contribution in [3.63, 3.8) is 0 Å². The number of nitrogens with zero attached hydrogens (tertiary/aromatic N) is 2. The molecule has 5 nitrogen and oxygen atoms in total. The number of halogens is 3. The van der Waals surface area contributed by atoms with Crippen molar-refractivity contribution >= 4 is 29.1 Å². The summed E-state index contributed by atoms with van der Waals surface area (Å²) < 4.78 is 19.2. The van der Waals surface area contributed by atoms with Gasteiger partial charge in [-0.3, -0.25) is 14.7 Å². The van der Waals surface area contributed by atoms with Crippen LogP contribution in [0.15, 0.2) is 66.9 Å². The summed E-state index contributed by atoms with van der Waals surface area (Å²) in [6.07, 6.45) is 3.20. The molecule has 2 heterocycles. The summed E-state index contributed by atoms with van der Waals surface area (Å²) in [5, 5.41) is 4.20. The van der Waals surface area contributed by atoms with Crippen LogP contribution in [0.2, 0.25) is 10.0 Å². The van der Waals surface area contributed by atoms with E-state index in [9.17, 15) is 9.18 Å². The normalized spacial score (nSPS) is 15.6. The van der Waals surface area contributed by atoms with Crippen LogP contribution in [0.1, 0.15) is 30.1 Å². The Morgan fingerprint density at radius 1 is 1.12 bits per heavy atom. The lowest BCUT2D eigenvalue weighted by Gasteiger charge is -2.32. The average molecular weight is 502 g/mol. The molecule has 1 unspecified atom stereocenters. The van der Waals surface area contributed by atoms with Crippen molar-refractivity contribution in [3.05, 3.63) is 94.0 Å². The summed E-state index contributed by atoms with van der Waals surface area (Å²) in [6.45, 7) is 2.87. The summed E-state index contributed by atoms with van der Waals surface area (Å²) in [5.41, 5.74) is 1.52. The van der Waals surface area contributed by atoms with Gasteiger partial charge in [0.05, 0.1) is 16.8 Å². The molecule has 0 saturated carbocycles. The third kappa shape index (κ3) is 6.47. The number of benzene rings is 2. The van der Waals surface area contributed by atoms with Gasteiger partial charge in [0.15, 0.2) is 0 Å². The zero-order valence-corrected chi connectivity index (χ0v) is 20.1. The molecule has 4 rings (SSSR count). The number of nitrogens with one attached hydrogen (secondary N) is 1. The first-order chi connectivity index (χ1) is 16.5. The number of pyridine rings is 1. The van der Waals surface area contributed by atoms with Crippen molar-refractivity contribution in [2.24, 2.45) is 5.92 Å². The Labute approximate surface area is 208 Å². The van der Waals surface area contributed by atoms with Crippen molar-refractivity contribution in [1.82, 2.24) is 15.2 Å². The lowest BCUT2D eigenvalue weighted by molar-refractivity contribution is -0.127. The van der Waals surface area contributed by atoms with E-state index in [2.05, 4.69) is 15.2 Å². The number of rotatable bonds is 8. The van der Waals surface area contributed by atoms with Crippen LogP contribution in [-0.4, -0.2) is 42.0 Å². The molecule has 1 fully saturated rings. The number of carbonyl (C=O) groups is 1. The summed E-state index contributed by atoms with van der Waals surface area (Å²) in [6, 6.07) is 16.5. The van der Waals surface area contributed by atoms with Gasteiger partial charge in [-0.15, -0.1) is 0 Å². The van der Waals surface area contributed by atoms with E-state index in [1.54, 1.807) is 36.5 Å². The standard InChI is InChI=1S/C26H26Cl2FN3O2/c27-20-6-9-24(22(28)17-20)34-16-15-32-13-10-19(11-14-32)26(33)31-25(23-3-1-2-12-30-23)18-4-7-21(29)8-5-18/h1-9,12,17,19,25H,10-11,13-16H2,(H,31,33). The van der Waals surface area contributed by atoms with E-state index >= 15 is 0 Å². The van der Waals surface area contributed by atoms with Gasteiger partial charge in [0, 0.05) is 23.7 Å². The molecule has 34 heavy (non-hydrogen) atoms. The predicted octanol–water partition coefficient (Wildman–Crippen LogP) is 5.52. The van der Waals surface area contributed by atoms with Gasteiger partial charge in [-0.1, -0.05) is 41.4 Å². The summed E-state index contributed by atoms with van der Waals surface area (Å²) in [5.74, 6) is 0.199. The fraction of sp³-hybridized carbons (Fsp3) is 0.308. The van der Waals surface area contributed by atoms with Crippen LogP contribution in [0.3, 0.4) is 0 Å². The first kappa shape index (κ1) is 24.5. The van der Waals surface area contributed by atoms with Crippen LogP contribution in [0.4, 0.5) is 4.39 Å². The molecule has 1 aliphatic rings. The number of hydrogen-bond acceptors (Lipinski definition) is 4. The highest BCUT2D eigenvalue weighted by molar-refractivity contribution is 6.35. The van der Waals surface area contributed by atoms with Crippen molar-refractivity contribution in [3.8, 4) is 5.75 Å². The lowest BCUT2D eigenvalue weighted by atomic mass is 9.94. The van der Waals surface area contributed by atoms with Crippen LogP contribution in [0.25, 0.3) is 0 Å². The first-order valence-corrected chi connectivity index (χ1v) is 12.0. The maximum atomic E-state index is 13.4. The smallest absolute Gasteiger partial charge is 0.224 e. The Morgan fingerprint density at radius 3 is 2.56 bits per heavy atom. The van der Waals surface area contributed by atoms with E-state index in [1.165, 1.54) is 12.1 Å². The van der Waals surface area contributed by atoms with Crippen molar-refractivity contribution in [2.45, 2.75) is 18.9 Å². The molecule has 0 radical (unpaired) electrons. The van der Waals surface area contributed by atoms with Crippen LogP contribution in [-0.2, 0) is 4.79 Å². The van der Waals surface area contributed by atoms with E-state index < -0.39 is 6.04 Å². The van der Waals surface area contributed by atoms with Crippen molar-refractivity contribution < 1.29 is 13.9 Å². The Morgan fingerprint density at radius 2 is 1.88 bits per heavy atom. The molecule has 2 aromatic carbocycles. The predicted molar refractivity (Wildman–Crippen MR) is 132 cm³/mol. The highest BCUT2D eigenvalue weighted by Gasteiger charge is 2.28. The van der Waals surface area contributed by atoms with Crippen molar-refractivity contribution in [2.75, 3.05) is 26.2 Å². The summed E-state index contributed by atoms with van der Waals surface area (Å²) in [4.78, 5) is 19.8. The third-order valence-electron chi connectivity index (χ3n) is 5.99. The van der Waals surface area contributed by atoms with E-state index in [4.69, 9.17) is 27.9 Å². The summed E-state index contributed by atoms with van der Waals surface area (Å²) in [7, 11) is 0. The fourth-order valence-electron chi connectivity index (χ4n) is 4.09. The van der Waals surface area contributed by atoms with Crippen LogP contribution in [0.5, 0.6) is 5.75 Å². The molecular formula is C26H26Cl2FN3O2. The van der Waals surface area contributed by atoms with Gasteiger partial charge in [-0.25, -0.2) is 4.39 Å². The van der Waals surface area contributed by atoms with Crippen molar-refractivity contribution in [1.29, 1.82) is 0 Å². The molecule has 1 aromatic heterocycles. The maximum Gasteiger partial charge on any atom is 0.224 e. The number of amides is 1. The zero-order valence-electron chi connectivity index (χ0n) is 18.6. The van der Waals surface area contributed by atoms with Gasteiger partial charge in [0.2, 0.25) is 5.91 Å². The molecule has 1 amide bonds. The van der Waals surface area contributed by atoms with Gasteiger partial charge in [0.1, 0.15) is 18.2 Å².